The van der Waals surface area contributed by atoms with E-state index in [4.69, 9.17) is 0 Å². The van der Waals surface area contributed by atoms with Crippen molar-refractivity contribution in [3.63, 3.8) is 0 Å². The Balaban J connectivity index is 2.25. The van der Waals surface area contributed by atoms with E-state index >= 15 is 0 Å². The minimum absolute atomic E-state index is 0.0347. The minimum Gasteiger partial charge on any atom is -0.785 e. The van der Waals surface area contributed by atoms with Crippen LogP contribution in [0.15, 0.2) is 0 Å². The van der Waals surface area contributed by atoms with Crippen LogP contribution < -0.4 is 0 Å². The standard InChI is InChI=1S/C5H8NO2/c1-4(7)5-2-6(8)3-5/h5H,2-3H2,1H3/q-1. The number of rotatable bonds is 1. The van der Waals surface area contributed by atoms with Crippen LogP contribution in [0.5, 0.6) is 0 Å². The quantitative estimate of drug-likeness (QED) is 0.482. The molecule has 3 nitrogen and oxygen atoms in total. The van der Waals surface area contributed by atoms with E-state index in [1.807, 2.05) is 0 Å². The Kier molecular flexibility index (Phi) is 1.31. The Morgan fingerprint density at radius 2 is 2.25 bits per heavy atom. The summed E-state index contributed by atoms with van der Waals surface area (Å²) in [5, 5.41) is 11.1. The lowest BCUT2D eigenvalue weighted by Gasteiger charge is -2.43. The molecule has 0 N–H and O–H groups in total. The molecule has 0 saturated carbocycles. The van der Waals surface area contributed by atoms with Crippen LogP contribution in [-0.4, -0.2) is 23.9 Å². The summed E-state index contributed by atoms with van der Waals surface area (Å²) < 4.78 is 0. The van der Waals surface area contributed by atoms with Gasteiger partial charge in [0.05, 0.1) is 0 Å². The molecular formula is C5H8NO2-. The fourth-order valence-corrected chi connectivity index (χ4v) is 0.695. The monoisotopic (exact) mass is 114 g/mol. The fourth-order valence-electron chi connectivity index (χ4n) is 0.695. The zero-order valence-electron chi connectivity index (χ0n) is 4.76. The molecule has 0 aromatic rings. The first-order valence-corrected chi connectivity index (χ1v) is 2.62. The van der Waals surface area contributed by atoms with Crippen LogP contribution in [0, 0.1) is 11.1 Å². The van der Waals surface area contributed by atoms with E-state index in [0.717, 1.165) is 5.06 Å². The summed E-state index contributed by atoms with van der Waals surface area (Å²) in [5.74, 6) is 0.171. The normalized spacial score (nSPS) is 22.8. The van der Waals surface area contributed by atoms with E-state index in [9.17, 15) is 10.0 Å². The summed E-state index contributed by atoms with van der Waals surface area (Å²) in [7, 11) is 0. The minimum atomic E-state index is 0.0347. The summed E-state index contributed by atoms with van der Waals surface area (Å²) in [6, 6.07) is 0. The zero-order valence-corrected chi connectivity index (χ0v) is 4.76. The highest BCUT2D eigenvalue weighted by molar-refractivity contribution is 5.79. The van der Waals surface area contributed by atoms with E-state index in [1.54, 1.807) is 0 Å². The Morgan fingerprint density at radius 3 is 2.38 bits per heavy atom. The van der Waals surface area contributed by atoms with Crippen molar-refractivity contribution in [2.24, 2.45) is 5.92 Å². The fraction of sp³-hybridized carbons (Fsp3) is 0.800. The lowest BCUT2D eigenvalue weighted by atomic mass is 9.99. The average molecular weight is 114 g/mol. The number of hydrogen-bond acceptors (Lipinski definition) is 3. The van der Waals surface area contributed by atoms with Crippen molar-refractivity contribution in [1.82, 2.24) is 5.06 Å². The van der Waals surface area contributed by atoms with Gasteiger partial charge in [-0.15, -0.1) is 0 Å². The molecule has 0 aromatic carbocycles. The molecule has 0 unspecified atom stereocenters. The summed E-state index contributed by atoms with van der Waals surface area (Å²) in [6.45, 7) is 2.35. The molecule has 1 saturated heterocycles. The van der Waals surface area contributed by atoms with Crippen LogP contribution in [0.2, 0.25) is 0 Å². The van der Waals surface area contributed by atoms with Gasteiger partial charge in [0.15, 0.2) is 0 Å². The van der Waals surface area contributed by atoms with Gasteiger partial charge in [-0.1, -0.05) is 0 Å². The highest BCUT2D eigenvalue weighted by Crippen LogP contribution is 2.13. The maximum Gasteiger partial charge on any atom is 0.135 e. The first kappa shape index (κ1) is 5.72. The third-order valence-electron chi connectivity index (χ3n) is 1.42. The van der Waals surface area contributed by atoms with Crippen molar-refractivity contribution in [2.45, 2.75) is 6.92 Å². The second kappa shape index (κ2) is 1.84. The topological polar surface area (TPSA) is 43.4 Å². The second-order valence-electron chi connectivity index (χ2n) is 2.15. The highest BCUT2D eigenvalue weighted by Gasteiger charge is 2.23. The van der Waals surface area contributed by atoms with Crippen molar-refractivity contribution in [3.8, 4) is 0 Å². The van der Waals surface area contributed by atoms with Gasteiger partial charge >= 0.3 is 0 Å². The van der Waals surface area contributed by atoms with E-state index < -0.39 is 0 Å². The molecule has 0 amide bonds. The molecular weight excluding hydrogens is 106 g/mol. The highest BCUT2D eigenvalue weighted by atomic mass is 16.5. The van der Waals surface area contributed by atoms with Gasteiger partial charge in [-0.2, -0.15) is 0 Å². The maximum absolute atomic E-state index is 10.4. The van der Waals surface area contributed by atoms with Crippen LogP contribution in [0.3, 0.4) is 0 Å². The summed E-state index contributed by atoms with van der Waals surface area (Å²) in [6.07, 6.45) is 0. The number of hydrogen-bond donors (Lipinski definition) is 0. The van der Waals surface area contributed by atoms with Gasteiger partial charge in [0.1, 0.15) is 5.78 Å². The Hall–Kier alpha value is -0.410. The Bertz CT molecular complexity index is 107. The molecule has 0 aromatic heterocycles. The van der Waals surface area contributed by atoms with Gasteiger partial charge in [0, 0.05) is 5.92 Å². The van der Waals surface area contributed by atoms with Crippen molar-refractivity contribution >= 4 is 5.78 Å². The van der Waals surface area contributed by atoms with Crippen molar-refractivity contribution in [1.29, 1.82) is 0 Å². The van der Waals surface area contributed by atoms with E-state index in [1.165, 1.54) is 6.92 Å². The van der Waals surface area contributed by atoms with E-state index in [0.29, 0.717) is 13.1 Å². The van der Waals surface area contributed by atoms with Crippen molar-refractivity contribution in [2.75, 3.05) is 13.1 Å². The van der Waals surface area contributed by atoms with Gasteiger partial charge in [0.25, 0.3) is 0 Å². The van der Waals surface area contributed by atoms with Crippen LogP contribution in [0.1, 0.15) is 6.92 Å². The van der Waals surface area contributed by atoms with Crippen LogP contribution in [-0.2, 0) is 4.79 Å². The molecule has 46 valence electrons. The number of ketones is 1. The van der Waals surface area contributed by atoms with E-state index in [-0.39, 0.29) is 11.7 Å². The van der Waals surface area contributed by atoms with Crippen LogP contribution >= 0.6 is 0 Å². The lowest BCUT2D eigenvalue weighted by Crippen LogP contribution is -2.45. The lowest BCUT2D eigenvalue weighted by molar-refractivity contribution is -0.124. The van der Waals surface area contributed by atoms with Gasteiger partial charge < -0.3 is 10.3 Å². The maximum atomic E-state index is 10.4. The molecule has 0 bridgehead atoms. The van der Waals surface area contributed by atoms with Gasteiger partial charge in [-0.3, -0.25) is 4.79 Å². The van der Waals surface area contributed by atoms with Crippen LogP contribution in [0.4, 0.5) is 0 Å². The first-order chi connectivity index (χ1) is 3.70. The van der Waals surface area contributed by atoms with Crippen molar-refractivity contribution < 1.29 is 4.79 Å². The number of hydroxylamine groups is 2. The van der Waals surface area contributed by atoms with E-state index in [2.05, 4.69) is 0 Å². The van der Waals surface area contributed by atoms with Gasteiger partial charge in [0.2, 0.25) is 0 Å². The van der Waals surface area contributed by atoms with Crippen molar-refractivity contribution in [3.05, 3.63) is 5.21 Å². The number of Topliss-reactive ketones (excluding diaryl/α,β-unsaturated/α-hetero) is 1. The molecule has 0 aliphatic carbocycles. The SMILES string of the molecule is CC(=O)C1CN([O-])C1. The number of nitrogens with zero attached hydrogens (tertiary/aromatic N) is 1. The molecule has 1 heterocycles. The second-order valence-corrected chi connectivity index (χ2v) is 2.15. The van der Waals surface area contributed by atoms with Crippen LogP contribution in [0.25, 0.3) is 0 Å². The molecule has 3 heteroatoms. The Morgan fingerprint density at radius 1 is 1.75 bits per heavy atom. The van der Waals surface area contributed by atoms with Gasteiger partial charge in [-0.05, 0) is 20.0 Å². The Labute approximate surface area is 47.9 Å². The number of carbonyl (C=O) groups excluding carboxylic acids is 1. The largest absolute Gasteiger partial charge is 0.785 e. The predicted octanol–water partition coefficient (Wildman–Crippen LogP) is 0.00500. The zero-order chi connectivity index (χ0) is 6.15. The average Bonchev–Trinajstić information content (AvgIpc) is 1.57. The molecule has 1 rings (SSSR count). The molecule has 1 aliphatic heterocycles. The summed E-state index contributed by atoms with van der Waals surface area (Å²) in [4.78, 5) is 10.4. The predicted molar refractivity (Wildman–Crippen MR) is 29.1 cm³/mol. The molecule has 8 heavy (non-hydrogen) atoms. The van der Waals surface area contributed by atoms with Gasteiger partial charge in [-0.25, -0.2) is 0 Å². The number of carbonyl (C=O) groups is 1. The third-order valence-corrected chi connectivity index (χ3v) is 1.42. The summed E-state index contributed by atoms with van der Waals surface area (Å²) >= 11 is 0. The smallest absolute Gasteiger partial charge is 0.135 e. The third kappa shape index (κ3) is 0.877. The molecule has 0 spiro atoms. The molecule has 0 radical (unpaired) electrons. The summed E-state index contributed by atoms with van der Waals surface area (Å²) in [5.41, 5.74) is 0. The molecule has 1 fully saturated rings. The first-order valence-electron chi connectivity index (χ1n) is 2.62. The molecule has 0 atom stereocenters. The molecule has 1 aliphatic rings.